The fourth-order valence-electron chi connectivity index (χ4n) is 2.82. The van der Waals surface area contributed by atoms with Gasteiger partial charge in [-0.2, -0.15) is 0 Å². The van der Waals surface area contributed by atoms with Crippen LogP contribution in [-0.2, 0) is 12.8 Å². The number of rotatable bonds is 1. The normalized spacial score (nSPS) is 14.4. The Kier molecular flexibility index (Phi) is 2.97. The molecule has 1 aromatic carbocycles. The van der Waals surface area contributed by atoms with E-state index >= 15 is 0 Å². The molecule has 100 valence electrons. The lowest BCUT2D eigenvalue weighted by Gasteiger charge is -2.16. The third-order valence-electron chi connectivity index (χ3n) is 3.85. The number of aromatic nitrogens is 2. The molecule has 0 N–H and O–H groups in total. The first-order valence-corrected chi connectivity index (χ1v) is 8.10. The van der Waals surface area contributed by atoms with E-state index < -0.39 is 0 Å². The second-order valence-corrected chi connectivity index (χ2v) is 6.39. The Bertz CT molecular complexity index is 794. The average molecular weight is 301 g/mol. The van der Waals surface area contributed by atoms with Crippen LogP contribution in [-0.4, -0.2) is 9.97 Å². The third-order valence-corrected chi connectivity index (χ3v) is 5.13. The molecule has 0 saturated heterocycles. The molecule has 1 aliphatic carbocycles. The molecule has 1 aliphatic rings. The molecule has 20 heavy (non-hydrogen) atoms. The molecule has 3 aromatic rings. The molecular formula is C16H13ClN2S. The minimum Gasteiger partial charge on any atom is -0.233 e. The van der Waals surface area contributed by atoms with Crippen molar-refractivity contribution in [2.24, 2.45) is 0 Å². The van der Waals surface area contributed by atoms with Gasteiger partial charge < -0.3 is 0 Å². The smallest absolute Gasteiger partial charge is 0.162 e. The minimum absolute atomic E-state index is 0.639. The predicted molar refractivity (Wildman–Crippen MR) is 84.5 cm³/mol. The van der Waals surface area contributed by atoms with Gasteiger partial charge in [0.15, 0.2) is 5.82 Å². The maximum absolute atomic E-state index is 6.37. The van der Waals surface area contributed by atoms with Crippen LogP contribution in [0.5, 0.6) is 0 Å². The molecule has 0 unspecified atom stereocenters. The van der Waals surface area contributed by atoms with Crippen molar-refractivity contribution in [1.82, 2.24) is 9.97 Å². The topological polar surface area (TPSA) is 25.8 Å². The summed E-state index contributed by atoms with van der Waals surface area (Å²) in [6, 6.07) is 8.36. The molecule has 4 heteroatoms. The van der Waals surface area contributed by atoms with Gasteiger partial charge in [0.1, 0.15) is 5.15 Å². The Labute approximate surface area is 126 Å². The second-order valence-electron chi connectivity index (χ2n) is 5.12. The molecule has 0 spiro atoms. The van der Waals surface area contributed by atoms with Crippen molar-refractivity contribution in [3.63, 3.8) is 0 Å². The van der Waals surface area contributed by atoms with Crippen molar-refractivity contribution in [2.45, 2.75) is 25.7 Å². The lowest BCUT2D eigenvalue weighted by atomic mass is 9.97. The first-order valence-electron chi connectivity index (χ1n) is 6.85. The molecule has 4 rings (SSSR count). The zero-order chi connectivity index (χ0) is 13.5. The molecule has 0 fully saturated rings. The van der Waals surface area contributed by atoms with E-state index in [9.17, 15) is 0 Å². The maximum Gasteiger partial charge on any atom is 0.162 e. The molecule has 0 aliphatic heterocycles. The van der Waals surface area contributed by atoms with Crippen LogP contribution in [0.1, 0.15) is 24.1 Å². The van der Waals surface area contributed by atoms with Gasteiger partial charge in [-0.1, -0.05) is 29.8 Å². The molecule has 0 radical (unpaired) electrons. The van der Waals surface area contributed by atoms with Crippen molar-refractivity contribution in [3.8, 4) is 11.4 Å². The van der Waals surface area contributed by atoms with Gasteiger partial charge >= 0.3 is 0 Å². The van der Waals surface area contributed by atoms with Gasteiger partial charge in [0, 0.05) is 32.3 Å². The van der Waals surface area contributed by atoms with Crippen LogP contribution in [0.4, 0.5) is 0 Å². The van der Waals surface area contributed by atoms with E-state index in [0.29, 0.717) is 5.15 Å². The van der Waals surface area contributed by atoms with E-state index in [1.54, 1.807) is 11.3 Å². The Hall–Kier alpha value is -1.45. The van der Waals surface area contributed by atoms with Gasteiger partial charge in [-0.3, -0.25) is 0 Å². The van der Waals surface area contributed by atoms with Crippen LogP contribution < -0.4 is 0 Å². The number of benzene rings is 1. The number of thiophene rings is 1. The van der Waals surface area contributed by atoms with E-state index in [4.69, 9.17) is 16.6 Å². The first-order chi connectivity index (χ1) is 9.83. The summed E-state index contributed by atoms with van der Waals surface area (Å²) < 4.78 is 1.26. The van der Waals surface area contributed by atoms with Gasteiger partial charge in [0.05, 0.1) is 0 Å². The molecule has 0 saturated carbocycles. The van der Waals surface area contributed by atoms with Crippen LogP contribution in [0, 0.1) is 0 Å². The van der Waals surface area contributed by atoms with Gasteiger partial charge in [-0.25, -0.2) is 9.97 Å². The number of halogens is 1. The van der Waals surface area contributed by atoms with Crippen molar-refractivity contribution in [1.29, 1.82) is 0 Å². The first kappa shape index (κ1) is 12.3. The van der Waals surface area contributed by atoms with E-state index in [-0.39, 0.29) is 0 Å². The van der Waals surface area contributed by atoms with Crippen LogP contribution in [0.25, 0.3) is 21.5 Å². The largest absolute Gasteiger partial charge is 0.233 e. The maximum atomic E-state index is 6.37. The molecule has 0 amide bonds. The van der Waals surface area contributed by atoms with Crippen LogP contribution in [0.2, 0.25) is 5.15 Å². The highest BCUT2D eigenvalue weighted by atomic mass is 35.5. The highest BCUT2D eigenvalue weighted by Gasteiger charge is 2.18. The average Bonchev–Trinajstić information content (AvgIpc) is 2.91. The molecule has 0 bridgehead atoms. The fourth-order valence-corrected chi connectivity index (χ4v) is 4.04. The molecular weight excluding hydrogens is 288 g/mol. The summed E-state index contributed by atoms with van der Waals surface area (Å²) in [5.74, 6) is 0.771. The monoisotopic (exact) mass is 300 g/mol. The summed E-state index contributed by atoms with van der Waals surface area (Å²) in [7, 11) is 0. The highest BCUT2D eigenvalue weighted by Crippen LogP contribution is 2.34. The van der Waals surface area contributed by atoms with E-state index in [2.05, 4.69) is 34.6 Å². The molecule has 2 aromatic heterocycles. The minimum atomic E-state index is 0.639. The summed E-state index contributed by atoms with van der Waals surface area (Å²) in [6.07, 6.45) is 4.42. The van der Waals surface area contributed by atoms with E-state index in [1.165, 1.54) is 22.9 Å². The van der Waals surface area contributed by atoms with Crippen molar-refractivity contribution < 1.29 is 0 Å². The van der Waals surface area contributed by atoms with E-state index in [0.717, 1.165) is 35.5 Å². The summed E-state index contributed by atoms with van der Waals surface area (Å²) >= 11 is 8.10. The summed E-state index contributed by atoms with van der Waals surface area (Å²) in [5.41, 5.74) is 3.39. The quantitative estimate of drug-likeness (QED) is 0.598. The summed E-state index contributed by atoms with van der Waals surface area (Å²) in [6.45, 7) is 0. The fraction of sp³-hybridized carbons (Fsp3) is 0.250. The van der Waals surface area contributed by atoms with Gasteiger partial charge in [-0.05, 0) is 31.7 Å². The predicted octanol–water partition coefficient (Wildman–Crippen LogP) is 4.89. The number of hydrogen-bond acceptors (Lipinski definition) is 3. The van der Waals surface area contributed by atoms with Crippen molar-refractivity contribution in [2.75, 3.05) is 0 Å². The van der Waals surface area contributed by atoms with Crippen LogP contribution in [0.15, 0.2) is 29.6 Å². The lowest BCUT2D eigenvalue weighted by Crippen LogP contribution is -2.08. The number of nitrogens with zero attached hydrogens (tertiary/aromatic N) is 2. The number of aryl methyl sites for hydroxylation is 1. The SMILES string of the molecule is Clc1nc(-c2csc3ccccc23)nc2c1CCCC2. The van der Waals surface area contributed by atoms with Crippen molar-refractivity contribution in [3.05, 3.63) is 46.1 Å². The third kappa shape index (κ3) is 1.93. The van der Waals surface area contributed by atoms with Crippen molar-refractivity contribution >= 4 is 33.0 Å². The Morgan fingerprint density at radius 3 is 2.85 bits per heavy atom. The molecule has 2 nitrogen and oxygen atoms in total. The van der Waals surface area contributed by atoms with Gasteiger partial charge in [0.25, 0.3) is 0 Å². The Morgan fingerprint density at radius 2 is 1.90 bits per heavy atom. The van der Waals surface area contributed by atoms with Gasteiger partial charge in [-0.15, -0.1) is 11.3 Å². The molecule has 0 atom stereocenters. The summed E-state index contributed by atoms with van der Waals surface area (Å²) in [4.78, 5) is 9.32. The number of hydrogen-bond donors (Lipinski definition) is 0. The number of fused-ring (bicyclic) bond motifs is 2. The lowest BCUT2D eigenvalue weighted by molar-refractivity contribution is 0.664. The zero-order valence-electron chi connectivity index (χ0n) is 10.9. The Balaban J connectivity index is 1.92. The molecule has 2 heterocycles. The summed E-state index contributed by atoms with van der Waals surface area (Å²) in [5, 5.41) is 3.98. The van der Waals surface area contributed by atoms with E-state index in [1.807, 2.05) is 0 Å². The Morgan fingerprint density at radius 1 is 1.05 bits per heavy atom. The van der Waals surface area contributed by atoms with Gasteiger partial charge in [0.2, 0.25) is 0 Å². The standard InChI is InChI=1S/C16H13ClN2S/c17-15-11-6-1-3-7-13(11)18-16(19-15)12-9-20-14-8-4-2-5-10(12)14/h2,4-5,8-9H,1,3,6-7H2. The van der Waals surface area contributed by atoms with Crippen LogP contribution in [0.3, 0.4) is 0 Å². The second kappa shape index (κ2) is 4.83. The highest BCUT2D eigenvalue weighted by molar-refractivity contribution is 7.17. The zero-order valence-corrected chi connectivity index (χ0v) is 12.5. The van der Waals surface area contributed by atoms with Crippen LogP contribution >= 0.6 is 22.9 Å².